The van der Waals surface area contributed by atoms with Gasteiger partial charge >= 0.3 is 6.09 Å². The third kappa shape index (κ3) is 6.47. The normalized spacial score (nSPS) is 12.1. The summed E-state index contributed by atoms with van der Waals surface area (Å²) in [4.78, 5) is 17.2. The molecule has 1 amide bonds. The van der Waals surface area contributed by atoms with Crippen LogP contribution >= 0.6 is 0 Å². The maximum absolute atomic E-state index is 12.3. The Morgan fingerprint density at radius 3 is 2.60 bits per heavy atom. The van der Waals surface area contributed by atoms with Crippen molar-refractivity contribution in [1.29, 1.82) is 0 Å². The van der Waals surface area contributed by atoms with Gasteiger partial charge in [-0.1, -0.05) is 86.5 Å². The van der Waals surface area contributed by atoms with Gasteiger partial charge in [-0.2, -0.15) is 9.61 Å². The Bertz CT molecular complexity index is 1270. The molecule has 0 aliphatic carbocycles. The van der Waals surface area contributed by atoms with E-state index >= 15 is 0 Å². The molecule has 0 aliphatic rings. The summed E-state index contributed by atoms with van der Waals surface area (Å²) in [6.45, 7) is 2.79. The van der Waals surface area contributed by atoms with Crippen LogP contribution in [-0.2, 0) is 11.3 Å². The number of aromatic nitrogens is 3. The molecule has 7 nitrogen and oxygen atoms in total. The lowest BCUT2D eigenvalue weighted by atomic mass is 9.98. The summed E-state index contributed by atoms with van der Waals surface area (Å²) in [5.41, 5.74) is 10.8. The number of nitrogens with zero attached hydrogens (tertiary/aromatic N) is 3. The van der Waals surface area contributed by atoms with Crippen LogP contribution in [0.1, 0.15) is 54.5 Å². The van der Waals surface area contributed by atoms with Crippen LogP contribution in [0.5, 0.6) is 0 Å². The molecule has 0 saturated carbocycles. The van der Waals surface area contributed by atoms with Gasteiger partial charge in [-0.3, -0.25) is 0 Å². The van der Waals surface area contributed by atoms with E-state index in [0.717, 1.165) is 41.6 Å². The molecule has 0 radical (unpaired) electrons. The maximum atomic E-state index is 12.3. The number of nitrogens with two attached hydrogens (primary N) is 1. The highest BCUT2D eigenvalue weighted by Crippen LogP contribution is 2.24. The van der Waals surface area contributed by atoms with Crippen LogP contribution in [0.4, 0.5) is 10.6 Å². The van der Waals surface area contributed by atoms with E-state index in [0.29, 0.717) is 18.0 Å². The number of hydrogen-bond donors (Lipinski definition) is 2. The first-order chi connectivity index (χ1) is 17.1. The summed E-state index contributed by atoms with van der Waals surface area (Å²) >= 11 is 0. The minimum absolute atomic E-state index is 0.00683. The number of benzene rings is 2. The number of alkyl carbamates (subject to hydrolysis) is 1. The fourth-order valence-electron chi connectivity index (χ4n) is 3.89. The zero-order valence-corrected chi connectivity index (χ0v) is 19.9. The first-order valence-electron chi connectivity index (χ1n) is 12.0. The predicted molar refractivity (Wildman–Crippen MR) is 140 cm³/mol. The van der Waals surface area contributed by atoms with Crippen LogP contribution in [0.3, 0.4) is 0 Å². The minimum Gasteiger partial charge on any atom is -0.445 e. The van der Waals surface area contributed by atoms with Gasteiger partial charge in [0.2, 0.25) is 0 Å². The lowest BCUT2D eigenvalue weighted by molar-refractivity contribution is 0.139. The van der Waals surface area contributed by atoms with Gasteiger partial charge < -0.3 is 15.8 Å². The number of carbonyl (C=O) groups excluding carboxylic acids is 1. The Kier molecular flexibility index (Phi) is 8.12. The van der Waals surface area contributed by atoms with Crippen molar-refractivity contribution in [3.05, 3.63) is 95.3 Å². The number of hydrogen-bond acceptors (Lipinski definition) is 5. The molecule has 3 N–H and O–H groups in total. The number of amides is 1. The van der Waals surface area contributed by atoms with Gasteiger partial charge in [0.1, 0.15) is 12.4 Å². The summed E-state index contributed by atoms with van der Waals surface area (Å²) in [6, 6.07) is 21.5. The summed E-state index contributed by atoms with van der Waals surface area (Å²) in [6.07, 6.45) is 8.28. The fraction of sp³-hybridized carbons (Fsp3) is 0.250. The number of unbranched alkanes of at least 4 members (excludes halogenated alkanes) is 1. The van der Waals surface area contributed by atoms with Gasteiger partial charge in [0.25, 0.3) is 0 Å². The molecule has 35 heavy (non-hydrogen) atoms. The molecule has 0 aliphatic heterocycles. The number of rotatable bonds is 10. The lowest BCUT2D eigenvalue weighted by Gasteiger charge is -2.18. The first-order valence-corrected chi connectivity index (χ1v) is 12.0. The highest BCUT2D eigenvalue weighted by molar-refractivity contribution is 5.76. The van der Waals surface area contributed by atoms with E-state index < -0.39 is 6.09 Å². The van der Waals surface area contributed by atoms with Crippen LogP contribution < -0.4 is 11.1 Å². The Balaban J connectivity index is 1.50. The Hall–Kier alpha value is -4.13. The predicted octanol–water partition coefficient (Wildman–Crippen LogP) is 5.68. The monoisotopic (exact) mass is 469 g/mol. The van der Waals surface area contributed by atoms with Crippen LogP contribution in [0.25, 0.3) is 17.8 Å². The van der Waals surface area contributed by atoms with E-state index in [1.54, 1.807) is 10.7 Å². The Morgan fingerprint density at radius 1 is 1.11 bits per heavy atom. The van der Waals surface area contributed by atoms with Gasteiger partial charge in [0.15, 0.2) is 5.65 Å². The van der Waals surface area contributed by atoms with Crippen molar-refractivity contribution < 1.29 is 9.53 Å². The number of fused-ring (bicyclic) bond motifs is 1. The molecule has 4 aromatic rings. The molecular formula is C28H31N5O2. The molecule has 2 heterocycles. The van der Waals surface area contributed by atoms with Crippen LogP contribution in [0.2, 0.25) is 0 Å². The highest BCUT2D eigenvalue weighted by atomic mass is 16.5. The molecule has 4 rings (SSSR count). The third-order valence-corrected chi connectivity index (χ3v) is 5.83. The van der Waals surface area contributed by atoms with Crippen LogP contribution in [0, 0.1) is 0 Å². The Morgan fingerprint density at radius 2 is 1.86 bits per heavy atom. The number of anilines is 1. The van der Waals surface area contributed by atoms with E-state index in [4.69, 9.17) is 15.5 Å². The largest absolute Gasteiger partial charge is 0.445 e. The molecule has 0 spiro atoms. The number of ether oxygens (including phenoxy) is 1. The third-order valence-electron chi connectivity index (χ3n) is 5.83. The number of nitrogen functional groups attached to an aromatic ring is 1. The first kappa shape index (κ1) is 24.0. The fourth-order valence-corrected chi connectivity index (χ4v) is 3.89. The highest BCUT2D eigenvalue weighted by Gasteiger charge is 2.18. The van der Waals surface area contributed by atoms with Crippen molar-refractivity contribution in [2.75, 3.05) is 12.3 Å². The molecule has 0 fully saturated rings. The second-order valence-corrected chi connectivity index (χ2v) is 8.47. The van der Waals surface area contributed by atoms with Crippen molar-refractivity contribution in [3.63, 3.8) is 0 Å². The molecule has 2 aromatic carbocycles. The van der Waals surface area contributed by atoms with Crippen LogP contribution in [0.15, 0.2) is 72.9 Å². The van der Waals surface area contributed by atoms with Crippen LogP contribution in [-0.4, -0.2) is 27.2 Å². The second-order valence-electron chi connectivity index (χ2n) is 8.47. The zero-order chi connectivity index (χ0) is 24.5. The SMILES string of the molecule is CCCCC(CNC(=O)OCc1ccccc1)c1cc(N)n2ncc(/C=C/c3ccccc3)c2n1. The summed E-state index contributed by atoms with van der Waals surface area (Å²) in [5.74, 6) is 0.518. The van der Waals surface area contributed by atoms with Crippen molar-refractivity contribution in [3.8, 4) is 0 Å². The van der Waals surface area contributed by atoms with Crippen molar-refractivity contribution in [1.82, 2.24) is 19.9 Å². The smallest absolute Gasteiger partial charge is 0.407 e. The molecule has 180 valence electrons. The maximum Gasteiger partial charge on any atom is 0.407 e. The Labute approximate surface area is 205 Å². The van der Waals surface area contributed by atoms with Gasteiger partial charge in [-0.05, 0) is 23.6 Å². The molecule has 2 aromatic heterocycles. The number of nitrogens with one attached hydrogen (secondary N) is 1. The zero-order valence-electron chi connectivity index (χ0n) is 19.9. The molecule has 1 unspecified atom stereocenters. The second kappa shape index (κ2) is 11.8. The molecule has 0 bridgehead atoms. The van der Waals surface area contributed by atoms with Gasteiger partial charge in [0.05, 0.1) is 11.9 Å². The summed E-state index contributed by atoms with van der Waals surface area (Å²) < 4.78 is 7.02. The molecular weight excluding hydrogens is 438 g/mol. The topological polar surface area (TPSA) is 94.5 Å². The molecule has 0 saturated heterocycles. The summed E-state index contributed by atoms with van der Waals surface area (Å²) in [5, 5.41) is 7.31. The van der Waals surface area contributed by atoms with Crippen molar-refractivity contribution >= 4 is 29.7 Å². The van der Waals surface area contributed by atoms with Gasteiger partial charge in [0, 0.05) is 24.1 Å². The molecule has 1 atom stereocenters. The quantitative estimate of drug-likeness (QED) is 0.311. The van der Waals surface area contributed by atoms with E-state index in [1.165, 1.54) is 0 Å². The van der Waals surface area contributed by atoms with Crippen molar-refractivity contribution in [2.24, 2.45) is 0 Å². The van der Waals surface area contributed by atoms with Gasteiger partial charge in [-0.15, -0.1) is 0 Å². The number of carbonyl (C=O) groups is 1. The van der Waals surface area contributed by atoms with E-state index in [-0.39, 0.29) is 12.5 Å². The lowest BCUT2D eigenvalue weighted by Crippen LogP contribution is -2.29. The average molecular weight is 470 g/mol. The average Bonchev–Trinajstić information content (AvgIpc) is 3.31. The minimum atomic E-state index is -0.444. The molecule has 7 heteroatoms. The van der Waals surface area contributed by atoms with E-state index in [1.807, 2.05) is 78.9 Å². The summed E-state index contributed by atoms with van der Waals surface area (Å²) in [7, 11) is 0. The van der Waals surface area contributed by atoms with Gasteiger partial charge in [-0.25, -0.2) is 9.78 Å². The van der Waals surface area contributed by atoms with Crippen molar-refractivity contribution in [2.45, 2.75) is 38.7 Å². The van der Waals surface area contributed by atoms with E-state index in [2.05, 4.69) is 17.3 Å². The van der Waals surface area contributed by atoms with E-state index in [9.17, 15) is 4.79 Å². The standard InChI is InChI=1S/C28H31N5O2/c1-2-3-14-23(18-30-28(34)35-20-22-12-8-5-9-13-22)25-17-26(29)33-27(32-25)24(19-31-33)16-15-21-10-6-4-7-11-21/h4-13,15-17,19,23H,2-3,14,18,20,29H2,1H3,(H,30,34)/b16-15+.